The Balaban J connectivity index is 1.22. The first kappa shape index (κ1) is 28.6. The third-order valence-electron chi connectivity index (χ3n) is 11.3. The number of fused-ring (bicyclic) bond motifs is 10. The number of anilines is 3. The molecule has 0 aliphatic heterocycles. The topological polar surface area (TPSA) is 20.8 Å². The highest BCUT2D eigenvalue weighted by molar-refractivity contribution is 6.33. The highest BCUT2D eigenvalue weighted by atomic mass is 16.3. The summed E-state index contributed by atoms with van der Waals surface area (Å²) in [7, 11) is 0. The summed E-state index contributed by atoms with van der Waals surface area (Å²) in [5.74, 6) is 0. The molecule has 12 rings (SSSR count). The minimum Gasteiger partial charge on any atom is -0.455 e. The van der Waals surface area contributed by atoms with E-state index in [1.165, 1.54) is 59.6 Å². The van der Waals surface area contributed by atoms with Gasteiger partial charge in [0.1, 0.15) is 11.2 Å². The number of rotatable bonds is 4. The van der Waals surface area contributed by atoms with E-state index >= 15 is 0 Å². The van der Waals surface area contributed by atoms with Crippen molar-refractivity contribution in [3.8, 4) is 11.1 Å². The largest absolute Gasteiger partial charge is 0.455 e. The van der Waals surface area contributed by atoms with E-state index in [1.807, 2.05) is 0 Å². The Morgan fingerprint density at radius 2 is 1.13 bits per heavy atom. The Morgan fingerprint density at radius 3 is 2.00 bits per heavy atom. The molecular formula is C50H30N2O. The molecule has 0 bridgehead atoms. The Bertz CT molecular complexity index is 3390. The van der Waals surface area contributed by atoms with Crippen molar-refractivity contribution in [1.29, 1.82) is 0 Å². The van der Waals surface area contributed by atoms with Gasteiger partial charge in [0.25, 0.3) is 0 Å². The van der Waals surface area contributed by atoms with Gasteiger partial charge in [-0.25, -0.2) is 0 Å². The highest BCUT2D eigenvalue weighted by Gasteiger charge is 2.24. The van der Waals surface area contributed by atoms with Gasteiger partial charge in [-0.05, 0) is 81.7 Å². The number of furan rings is 1. The van der Waals surface area contributed by atoms with E-state index in [0.717, 1.165) is 50.1 Å². The summed E-state index contributed by atoms with van der Waals surface area (Å²) < 4.78 is 9.27. The molecule has 3 nitrogen and oxygen atoms in total. The van der Waals surface area contributed by atoms with Crippen LogP contribution in [0.15, 0.2) is 186 Å². The van der Waals surface area contributed by atoms with E-state index in [9.17, 15) is 0 Å². The van der Waals surface area contributed by atoms with E-state index in [2.05, 4.69) is 191 Å². The molecule has 0 unspecified atom stereocenters. The Hall–Kier alpha value is -7.10. The van der Waals surface area contributed by atoms with E-state index in [1.54, 1.807) is 0 Å². The molecule has 3 heterocycles. The van der Waals surface area contributed by atoms with Crippen molar-refractivity contribution >= 4 is 98.6 Å². The van der Waals surface area contributed by atoms with Crippen LogP contribution in [0.4, 0.5) is 17.1 Å². The van der Waals surface area contributed by atoms with Crippen molar-refractivity contribution in [1.82, 2.24) is 4.40 Å². The van der Waals surface area contributed by atoms with Crippen molar-refractivity contribution in [2.75, 3.05) is 4.90 Å². The molecule has 0 amide bonds. The predicted molar refractivity (Wildman–Crippen MR) is 224 cm³/mol. The lowest BCUT2D eigenvalue weighted by Gasteiger charge is -2.27. The monoisotopic (exact) mass is 674 g/mol. The summed E-state index contributed by atoms with van der Waals surface area (Å²) in [5.41, 5.74) is 10.9. The van der Waals surface area contributed by atoms with Gasteiger partial charge < -0.3 is 13.7 Å². The standard InChI is InChI=1S/C50H30N2O/c1-3-13-31(14-4-1)37-27-28-43(48-40-21-9-10-24-45(40)53-50(37)48)51(34-18-5-2-6-19-34)35-25-26-39-44(30-35)52-42-23-12-17-32-16-11-22-38(46(32)42)41-29-33-15-7-8-20-36(33)47(39)49(41)52/h1-30H. The molecule has 0 saturated heterocycles. The van der Waals surface area contributed by atoms with E-state index in [0.29, 0.717) is 0 Å². The molecule has 53 heavy (non-hydrogen) atoms. The smallest absolute Gasteiger partial charge is 0.145 e. The zero-order valence-electron chi connectivity index (χ0n) is 28.6. The summed E-state index contributed by atoms with van der Waals surface area (Å²) in [6, 6.07) is 65.9. The second kappa shape index (κ2) is 10.7. The van der Waals surface area contributed by atoms with E-state index in [4.69, 9.17) is 4.42 Å². The molecule has 0 spiro atoms. The molecule has 0 aliphatic rings. The second-order valence-electron chi connectivity index (χ2n) is 14.1. The summed E-state index contributed by atoms with van der Waals surface area (Å²) in [5, 5.41) is 12.4. The third kappa shape index (κ3) is 3.94. The lowest BCUT2D eigenvalue weighted by molar-refractivity contribution is 0.670. The fourth-order valence-electron chi connectivity index (χ4n) is 9.05. The van der Waals surface area contributed by atoms with Crippen LogP contribution in [0.25, 0.3) is 92.7 Å². The van der Waals surface area contributed by atoms with Crippen molar-refractivity contribution in [2.24, 2.45) is 0 Å². The number of pyridine rings is 1. The average Bonchev–Trinajstić information content (AvgIpc) is 3.78. The zero-order chi connectivity index (χ0) is 34.6. The first-order valence-electron chi connectivity index (χ1n) is 18.2. The fraction of sp³-hybridized carbons (Fsp3) is 0. The van der Waals surface area contributed by atoms with Crippen LogP contribution >= 0.6 is 0 Å². The maximum Gasteiger partial charge on any atom is 0.145 e. The lowest BCUT2D eigenvalue weighted by atomic mass is 9.96. The summed E-state index contributed by atoms with van der Waals surface area (Å²) in [4.78, 5) is 2.40. The molecule has 3 heteroatoms. The summed E-state index contributed by atoms with van der Waals surface area (Å²) in [6.45, 7) is 0. The summed E-state index contributed by atoms with van der Waals surface area (Å²) >= 11 is 0. The molecule has 0 atom stereocenters. The molecule has 0 saturated carbocycles. The van der Waals surface area contributed by atoms with Gasteiger partial charge in [0.15, 0.2) is 0 Å². The van der Waals surface area contributed by atoms with Crippen LogP contribution in [-0.4, -0.2) is 4.40 Å². The van der Waals surface area contributed by atoms with Crippen molar-refractivity contribution in [3.63, 3.8) is 0 Å². The number of nitrogens with zero attached hydrogens (tertiary/aromatic N) is 2. The fourth-order valence-corrected chi connectivity index (χ4v) is 9.05. The average molecular weight is 675 g/mol. The normalized spacial score (nSPS) is 12.2. The minimum absolute atomic E-state index is 0.879. The van der Waals surface area contributed by atoms with Crippen molar-refractivity contribution < 1.29 is 4.42 Å². The molecule has 9 aromatic carbocycles. The van der Waals surface area contributed by atoms with Crippen molar-refractivity contribution in [3.05, 3.63) is 182 Å². The van der Waals surface area contributed by atoms with Gasteiger partial charge in [0, 0.05) is 43.9 Å². The Morgan fingerprint density at radius 1 is 0.415 bits per heavy atom. The number of aromatic nitrogens is 1. The molecule has 0 fully saturated rings. The van der Waals surface area contributed by atoms with Gasteiger partial charge in [-0.2, -0.15) is 0 Å². The molecule has 0 aliphatic carbocycles. The van der Waals surface area contributed by atoms with Gasteiger partial charge in [0.2, 0.25) is 0 Å². The van der Waals surface area contributed by atoms with Crippen LogP contribution in [0.2, 0.25) is 0 Å². The molecule has 246 valence electrons. The maximum absolute atomic E-state index is 6.74. The third-order valence-corrected chi connectivity index (χ3v) is 11.3. The summed E-state index contributed by atoms with van der Waals surface area (Å²) in [6.07, 6.45) is 0. The molecule has 0 radical (unpaired) electrons. The van der Waals surface area contributed by atoms with E-state index in [-0.39, 0.29) is 0 Å². The van der Waals surface area contributed by atoms with Crippen LogP contribution in [-0.2, 0) is 0 Å². The van der Waals surface area contributed by atoms with Gasteiger partial charge in [-0.1, -0.05) is 127 Å². The maximum atomic E-state index is 6.74. The first-order chi connectivity index (χ1) is 26.3. The van der Waals surface area contributed by atoms with E-state index < -0.39 is 0 Å². The lowest BCUT2D eigenvalue weighted by Crippen LogP contribution is -2.10. The van der Waals surface area contributed by atoms with Gasteiger partial charge in [0.05, 0.1) is 27.6 Å². The van der Waals surface area contributed by atoms with Crippen LogP contribution < -0.4 is 4.90 Å². The minimum atomic E-state index is 0.879. The SMILES string of the molecule is c1ccc(-c2ccc(N(c3ccccc3)c3ccc4c5c6ccccc6cc6c7cccc8cccc(c87)n(c4c3)c65)c3c2oc2ccccc23)cc1. The predicted octanol–water partition coefficient (Wildman–Crippen LogP) is 14.2. The van der Waals surface area contributed by atoms with Gasteiger partial charge in [-0.15, -0.1) is 0 Å². The molecule has 12 aromatic rings. The van der Waals surface area contributed by atoms with Crippen LogP contribution in [0.1, 0.15) is 0 Å². The van der Waals surface area contributed by atoms with Crippen molar-refractivity contribution in [2.45, 2.75) is 0 Å². The van der Waals surface area contributed by atoms with Gasteiger partial charge in [-0.3, -0.25) is 0 Å². The van der Waals surface area contributed by atoms with Gasteiger partial charge >= 0.3 is 0 Å². The first-order valence-corrected chi connectivity index (χ1v) is 18.2. The highest BCUT2D eigenvalue weighted by Crippen LogP contribution is 2.48. The number of hydrogen-bond acceptors (Lipinski definition) is 2. The second-order valence-corrected chi connectivity index (χ2v) is 14.1. The molecule has 0 N–H and O–H groups in total. The zero-order valence-corrected chi connectivity index (χ0v) is 28.6. The Kier molecular flexibility index (Phi) is 5.77. The molecular weight excluding hydrogens is 645 g/mol. The van der Waals surface area contributed by atoms with Crippen LogP contribution in [0.3, 0.4) is 0 Å². The van der Waals surface area contributed by atoms with Crippen LogP contribution in [0, 0.1) is 0 Å². The number of benzene rings is 9. The number of hydrogen-bond donors (Lipinski definition) is 0. The van der Waals surface area contributed by atoms with Crippen LogP contribution in [0.5, 0.6) is 0 Å². The Labute approximate surface area is 304 Å². The molecule has 3 aromatic heterocycles. The number of para-hydroxylation sites is 2. The quantitative estimate of drug-likeness (QED) is 0.137.